The molecule has 0 aliphatic rings. The first kappa shape index (κ1) is 25.9. The molecule has 0 unspecified atom stereocenters. The molecular formula is C24H24F2N2O6S. The maximum atomic E-state index is 14.1. The van der Waals surface area contributed by atoms with Crippen molar-refractivity contribution in [1.29, 1.82) is 0 Å². The van der Waals surface area contributed by atoms with Crippen LogP contribution in [0.3, 0.4) is 0 Å². The second-order valence-electron chi connectivity index (χ2n) is 7.29. The molecule has 0 aliphatic heterocycles. The second-order valence-corrected chi connectivity index (χ2v) is 9.06. The molecule has 0 aromatic heterocycles. The molecule has 0 radical (unpaired) electrons. The Morgan fingerprint density at radius 1 is 0.886 bits per heavy atom. The van der Waals surface area contributed by atoms with E-state index in [-0.39, 0.29) is 28.3 Å². The van der Waals surface area contributed by atoms with Crippen molar-refractivity contribution in [3.05, 3.63) is 77.4 Å². The number of amides is 1. The van der Waals surface area contributed by atoms with Crippen LogP contribution >= 0.6 is 0 Å². The first-order chi connectivity index (χ1) is 16.7. The van der Waals surface area contributed by atoms with Gasteiger partial charge in [0.1, 0.15) is 17.4 Å². The number of anilines is 1. The number of rotatable bonds is 10. The molecule has 1 amide bonds. The monoisotopic (exact) mass is 506 g/mol. The molecule has 2 N–H and O–H groups in total. The van der Waals surface area contributed by atoms with Crippen molar-refractivity contribution in [2.24, 2.45) is 0 Å². The van der Waals surface area contributed by atoms with Crippen molar-refractivity contribution in [3.8, 4) is 17.2 Å². The van der Waals surface area contributed by atoms with Crippen molar-refractivity contribution in [2.45, 2.75) is 11.3 Å². The van der Waals surface area contributed by atoms with E-state index in [1.165, 1.54) is 51.7 Å². The largest absolute Gasteiger partial charge is 0.497 e. The molecule has 35 heavy (non-hydrogen) atoms. The van der Waals surface area contributed by atoms with E-state index < -0.39 is 34.1 Å². The predicted molar refractivity (Wildman–Crippen MR) is 126 cm³/mol. The highest BCUT2D eigenvalue weighted by Crippen LogP contribution is 2.29. The quantitative estimate of drug-likeness (QED) is 0.436. The minimum atomic E-state index is -4.06. The highest BCUT2D eigenvalue weighted by molar-refractivity contribution is 7.89. The van der Waals surface area contributed by atoms with E-state index in [9.17, 15) is 22.0 Å². The highest BCUT2D eigenvalue weighted by Gasteiger charge is 2.19. The average Bonchev–Trinajstić information content (AvgIpc) is 2.85. The highest BCUT2D eigenvalue weighted by atomic mass is 32.2. The van der Waals surface area contributed by atoms with Gasteiger partial charge in [-0.3, -0.25) is 4.79 Å². The van der Waals surface area contributed by atoms with Gasteiger partial charge in [0.05, 0.1) is 32.8 Å². The fourth-order valence-electron chi connectivity index (χ4n) is 3.27. The molecule has 0 heterocycles. The third-order valence-corrected chi connectivity index (χ3v) is 6.51. The van der Waals surface area contributed by atoms with Gasteiger partial charge in [-0.1, -0.05) is 12.1 Å². The van der Waals surface area contributed by atoms with Crippen LogP contribution in [0.15, 0.2) is 59.5 Å². The van der Waals surface area contributed by atoms with E-state index in [0.717, 1.165) is 12.1 Å². The summed E-state index contributed by atoms with van der Waals surface area (Å²) in [4.78, 5) is 12.5. The van der Waals surface area contributed by atoms with Crippen LogP contribution in [0.5, 0.6) is 17.2 Å². The lowest BCUT2D eigenvalue weighted by molar-refractivity contribution is -0.115. The number of hydrogen-bond donors (Lipinski definition) is 2. The first-order valence-corrected chi connectivity index (χ1v) is 11.8. The zero-order chi connectivity index (χ0) is 25.6. The van der Waals surface area contributed by atoms with Crippen molar-refractivity contribution in [3.63, 3.8) is 0 Å². The molecule has 8 nitrogen and oxygen atoms in total. The van der Waals surface area contributed by atoms with Crippen LogP contribution in [0.2, 0.25) is 0 Å². The summed E-state index contributed by atoms with van der Waals surface area (Å²) in [5.41, 5.74) is 0.468. The van der Waals surface area contributed by atoms with Crippen LogP contribution < -0.4 is 24.2 Å². The van der Waals surface area contributed by atoms with Gasteiger partial charge in [0.25, 0.3) is 0 Å². The summed E-state index contributed by atoms with van der Waals surface area (Å²) in [6.45, 7) is -0.596. The van der Waals surface area contributed by atoms with Crippen molar-refractivity contribution < 1.29 is 36.2 Å². The van der Waals surface area contributed by atoms with Gasteiger partial charge in [-0.15, -0.1) is 0 Å². The molecule has 0 atom stereocenters. The van der Waals surface area contributed by atoms with E-state index in [1.807, 2.05) is 0 Å². The maximum absolute atomic E-state index is 14.1. The Bertz CT molecular complexity index is 1310. The Hall–Kier alpha value is -3.70. The SMILES string of the molecule is COc1ccc(Cc2c(F)cccc2F)c(NC(=O)CNS(=O)(=O)c2ccc(OC)c(OC)c2)c1. The molecule has 11 heteroatoms. The Morgan fingerprint density at radius 3 is 2.20 bits per heavy atom. The smallest absolute Gasteiger partial charge is 0.241 e. The van der Waals surface area contributed by atoms with Gasteiger partial charge in [0.2, 0.25) is 15.9 Å². The zero-order valence-corrected chi connectivity index (χ0v) is 20.0. The predicted octanol–water partition coefficient (Wildman–Crippen LogP) is 3.50. The third-order valence-electron chi connectivity index (χ3n) is 5.11. The number of sulfonamides is 1. The number of ether oxygens (including phenoxy) is 3. The number of carbonyl (C=O) groups is 1. The van der Waals surface area contributed by atoms with E-state index in [4.69, 9.17) is 14.2 Å². The Balaban J connectivity index is 1.77. The van der Waals surface area contributed by atoms with Crippen LogP contribution in [0.25, 0.3) is 0 Å². The molecule has 0 aliphatic carbocycles. The lowest BCUT2D eigenvalue weighted by atomic mass is 10.0. The Labute approximate surface area is 201 Å². The molecule has 3 aromatic rings. The van der Waals surface area contributed by atoms with E-state index >= 15 is 0 Å². The van der Waals surface area contributed by atoms with Crippen LogP contribution in [-0.2, 0) is 21.2 Å². The van der Waals surface area contributed by atoms with Crippen molar-refractivity contribution in [2.75, 3.05) is 33.2 Å². The minimum absolute atomic E-state index is 0.125. The van der Waals surface area contributed by atoms with E-state index in [0.29, 0.717) is 17.1 Å². The van der Waals surface area contributed by atoms with Gasteiger partial charge < -0.3 is 19.5 Å². The van der Waals surface area contributed by atoms with Crippen LogP contribution in [0.4, 0.5) is 14.5 Å². The number of methoxy groups -OCH3 is 3. The van der Waals surface area contributed by atoms with Gasteiger partial charge in [0.15, 0.2) is 11.5 Å². The van der Waals surface area contributed by atoms with Crippen LogP contribution in [-0.4, -0.2) is 42.2 Å². The number of benzene rings is 3. The topological polar surface area (TPSA) is 103 Å². The van der Waals surface area contributed by atoms with Gasteiger partial charge in [-0.05, 0) is 35.9 Å². The second kappa shape index (κ2) is 11.2. The summed E-state index contributed by atoms with van der Waals surface area (Å²) in [6, 6.07) is 12.2. The van der Waals surface area contributed by atoms with Crippen molar-refractivity contribution in [1.82, 2.24) is 4.72 Å². The lowest BCUT2D eigenvalue weighted by Gasteiger charge is -2.14. The van der Waals surface area contributed by atoms with E-state index in [2.05, 4.69) is 10.0 Å². The van der Waals surface area contributed by atoms with Crippen LogP contribution in [0, 0.1) is 11.6 Å². The first-order valence-electron chi connectivity index (χ1n) is 10.3. The molecular weight excluding hydrogens is 482 g/mol. The summed E-state index contributed by atoms with van der Waals surface area (Å²) in [5.74, 6) is -1.19. The summed E-state index contributed by atoms with van der Waals surface area (Å²) in [6.07, 6.45) is -0.143. The van der Waals surface area contributed by atoms with Crippen LogP contribution in [0.1, 0.15) is 11.1 Å². The Kier molecular flexibility index (Phi) is 8.26. The minimum Gasteiger partial charge on any atom is -0.497 e. The molecule has 0 fully saturated rings. The zero-order valence-electron chi connectivity index (χ0n) is 19.2. The number of carbonyl (C=O) groups excluding carboxylic acids is 1. The number of halogens is 2. The average molecular weight is 507 g/mol. The molecule has 3 rings (SSSR count). The summed E-state index contributed by atoms with van der Waals surface area (Å²) < 4.78 is 71.2. The molecule has 0 spiro atoms. The summed E-state index contributed by atoms with van der Waals surface area (Å²) >= 11 is 0. The summed E-state index contributed by atoms with van der Waals surface area (Å²) in [7, 11) is 0.155. The van der Waals surface area contributed by atoms with Gasteiger partial charge >= 0.3 is 0 Å². The molecule has 186 valence electrons. The maximum Gasteiger partial charge on any atom is 0.241 e. The normalized spacial score (nSPS) is 11.1. The number of hydrogen-bond acceptors (Lipinski definition) is 6. The molecule has 0 saturated carbocycles. The van der Waals surface area contributed by atoms with Gasteiger partial charge in [-0.25, -0.2) is 21.9 Å². The Morgan fingerprint density at radius 2 is 1.57 bits per heavy atom. The molecule has 0 bridgehead atoms. The fourth-order valence-corrected chi connectivity index (χ4v) is 4.26. The summed E-state index contributed by atoms with van der Waals surface area (Å²) in [5, 5.41) is 2.57. The van der Waals surface area contributed by atoms with Crippen molar-refractivity contribution >= 4 is 21.6 Å². The van der Waals surface area contributed by atoms with Gasteiger partial charge in [0, 0.05) is 29.8 Å². The standard InChI is InChI=1S/C24H24F2N2O6S/c1-32-16-8-7-15(11-18-19(25)5-4-6-20(18)26)21(12-16)28-24(29)14-27-35(30,31)17-9-10-22(33-2)23(13-17)34-3/h4-10,12-13,27H,11,14H2,1-3H3,(H,28,29). The van der Waals surface area contributed by atoms with Gasteiger partial charge in [-0.2, -0.15) is 0 Å². The lowest BCUT2D eigenvalue weighted by Crippen LogP contribution is -2.33. The van der Waals surface area contributed by atoms with E-state index in [1.54, 1.807) is 12.1 Å². The number of nitrogens with one attached hydrogen (secondary N) is 2. The third kappa shape index (κ3) is 6.25. The molecule has 3 aromatic carbocycles. The fraction of sp³-hybridized carbons (Fsp3) is 0.208. The molecule has 0 saturated heterocycles.